The number of nitrogens with two attached hydrogens (primary N) is 1. The number of phenols is 2. The highest BCUT2D eigenvalue weighted by molar-refractivity contribution is 5.98. The second kappa shape index (κ2) is 6.89. The van der Waals surface area contributed by atoms with Gasteiger partial charge < -0.3 is 15.9 Å². The summed E-state index contributed by atoms with van der Waals surface area (Å²) < 4.78 is 0. The third-order valence-electron chi connectivity index (χ3n) is 4.62. The summed E-state index contributed by atoms with van der Waals surface area (Å²) in [5, 5.41) is 19.9. The molecule has 0 aliphatic heterocycles. The van der Waals surface area contributed by atoms with Crippen LogP contribution >= 0.6 is 0 Å². The van der Waals surface area contributed by atoms with Crippen LogP contribution in [0.3, 0.4) is 0 Å². The van der Waals surface area contributed by atoms with Crippen molar-refractivity contribution in [1.82, 2.24) is 0 Å². The molecule has 0 fully saturated rings. The lowest BCUT2D eigenvalue weighted by atomic mass is 9.89. The van der Waals surface area contributed by atoms with Gasteiger partial charge in [-0.15, -0.1) is 0 Å². The predicted octanol–water partition coefficient (Wildman–Crippen LogP) is 5.68. The molecule has 0 heterocycles. The first-order valence-corrected chi connectivity index (χ1v) is 8.70. The van der Waals surface area contributed by atoms with Gasteiger partial charge in [-0.3, -0.25) is 0 Å². The Labute approximate surface area is 158 Å². The smallest absolute Gasteiger partial charge is 0.116 e. The maximum absolute atomic E-state index is 9.98. The second-order valence-electron chi connectivity index (χ2n) is 6.42. The monoisotopic (exact) mass is 353 g/mol. The molecule has 4 N–H and O–H groups in total. The van der Waals surface area contributed by atoms with Gasteiger partial charge in [-0.2, -0.15) is 0 Å². The van der Waals surface area contributed by atoms with E-state index >= 15 is 0 Å². The van der Waals surface area contributed by atoms with Gasteiger partial charge in [0.15, 0.2) is 0 Å². The zero-order valence-corrected chi connectivity index (χ0v) is 14.6. The van der Waals surface area contributed by atoms with Crippen molar-refractivity contribution in [2.75, 3.05) is 5.73 Å². The zero-order valence-electron chi connectivity index (χ0n) is 14.6. The van der Waals surface area contributed by atoms with Crippen molar-refractivity contribution < 1.29 is 10.2 Å². The molecule has 0 amide bonds. The van der Waals surface area contributed by atoms with Gasteiger partial charge in [0.25, 0.3) is 0 Å². The van der Waals surface area contributed by atoms with Crippen LogP contribution in [0.25, 0.3) is 33.4 Å². The quantitative estimate of drug-likeness (QED) is 0.415. The Hall–Kier alpha value is -3.72. The molecule has 0 saturated carbocycles. The number of anilines is 1. The van der Waals surface area contributed by atoms with Crippen molar-refractivity contribution in [1.29, 1.82) is 0 Å². The fraction of sp³-hybridized carbons (Fsp3) is 0. The summed E-state index contributed by atoms with van der Waals surface area (Å²) in [5.41, 5.74) is 12.6. The largest absolute Gasteiger partial charge is 0.508 e. The minimum Gasteiger partial charge on any atom is -0.508 e. The molecule has 0 radical (unpaired) electrons. The Morgan fingerprint density at radius 3 is 1.74 bits per heavy atom. The van der Waals surface area contributed by atoms with Gasteiger partial charge >= 0.3 is 0 Å². The van der Waals surface area contributed by atoms with Crippen molar-refractivity contribution in [3.05, 3.63) is 91.0 Å². The molecule has 4 rings (SSSR count). The van der Waals surface area contributed by atoms with Gasteiger partial charge in [-0.1, -0.05) is 66.7 Å². The lowest BCUT2D eigenvalue weighted by Crippen LogP contribution is -1.97. The summed E-state index contributed by atoms with van der Waals surface area (Å²) in [6, 6.07) is 28.1. The third-order valence-corrected chi connectivity index (χ3v) is 4.62. The number of nitrogen functional groups attached to an aromatic ring is 1. The lowest BCUT2D eigenvalue weighted by Gasteiger charge is -2.17. The van der Waals surface area contributed by atoms with Crippen LogP contribution in [0.4, 0.5) is 5.69 Å². The average molecular weight is 353 g/mol. The van der Waals surface area contributed by atoms with Crippen molar-refractivity contribution in [2.45, 2.75) is 0 Å². The molecule has 0 unspecified atom stereocenters. The van der Waals surface area contributed by atoms with E-state index in [1.165, 1.54) is 0 Å². The van der Waals surface area contributed by atoms with E-state index in [4.69, 9.17) is 5.73 Å². The van der Waals surface area contributed by atoms with Crippen molar-refractivity contribution in [3.63, 3.8) is 0 Å². The molecule has 4 aromatic carbocycles. The first-order chi connectivity index (χ1) is 13.1. The molecule has 0 saturated heterocycles. The number of hydrogen-bond acceptors (Lipinski definition) is 3. The molecule has 0 aliphatic carbocycles. The second-order valence-corrected chi connectivity index (χ2v) is 6.42. The van der Waals surface area contributed by atoms with E-state index in [1.54, 1.807) is 36.4 Å². The van der Waals surface area contributed by atoms with E-state index in [9.17, 15) is 10.2 Å². The zero-order chi connectivity index (χ0) is 18.8. The molecule has 0 atom stereocenters. The first-order valence-electron chi connectivity index (χ1n) is 8.70. The maximum atomic E-state index is 9.98. The summed E-state index contributed by atoms with van der Waals surface area (Å²) in [6.45, 7) is 0. The molecule has 0 bridgehead atoms. The molecule has 0 aliphatic rings. The summed E-state index contributed by atoms with van der Waals surface area (Å²) in [4.78, 5) is 0. The van der Waals surface area contributed by atoms with E-state index < -0.39 is 0 Å². The van der Waals surface area contributed by atoms with E-state index in [2.05, 4.69) is 0 Å². The molecule has 3 heteroatoms. The molecule has 0 aromatic heterocycles. The summed E-state index contributed by atoms with van der Waals surface area (Å²) in [5.74, 6) is 0.374. The number of phenolic OH excluding ortho intramolecular Hbond substituents is 2. The highest BCUT2D eigenvalue weighted by atomic mass is 16.3. The van der Waals surface area contributed by atoms with Crippen LogP contribution in [0.15, 0.2) is 91.0 Å². The van der Waals surface area contributed by atoms with Crippen LogP contribution in [0.2, 0.25) is 0 Å². The van der Waals surface area contributed by atoms with Crippen LogP contribution in [0.5, 0.6) is 11.5 Å². The minimum absolute atomic E-state index is 0.180. The molecule has 27 heavy (non-hydrogen) atoms. The fourth-order valence-corrected chi connectivity index (χ4v) is 3.38. The van der Waals surface area contributed by atoms with E-state index in [0.29, 0.717) is 5.69 Å². The fourth-order valence-electron chi connectivity index (χ4n) is 3.38. The Kier molecular flexibility index (Phi) is 4.27. The molecule has 4 aromatic rings. The number of aromatic hydroxyl groups is 2. The maximum Gasteiger partial charge on any atom is 0.116 e. The predicted molar refractivity (Wildman–Crippen MR) is 110 cm³/mol. The van der Waals surface area contributed by atoms with Crippen molar-refractivity contribution in [3.8, 4) is 44.9 Å². The Morgan fingerprint density at radius 2 is 1.07 bits per heavy atom. The third kappa shape index (κ3) is 3.23. The normalized spacial score (nSPS) is 10.7. The van der Waals surface area contributed by atoms with Gasteiger partial charge in [0.1, 0.15) is 11.5 Å². The first kappa shape index (κ1) is 16.7. The Bertz CT molecular complexity index is 1100. The standard InChI is InChI=1S/C24H19NO2/c25-24-22(16-6-2-1-3-7-16)13-12-21(17-8-4-10-19(26)14-17)23(24)18-9-5-11-20(27)15-18/h1-15,26-27H,25H2. The van der Waals surface area contributed by atoms with Gasteiger partial charge in [0, 0.05) is 16.8 Å². The van der Waals surface area contributed by atoms with Crippen LogP contribution in [-0.2, 0) is 0 Å². The topological polar surface area (TPSA) is 66.5 Å². The minimum atomic E-state index is 0.180. The highest BCUT2D eigenvalue weighted by Crippen LogP contribution is 2.42. The number of benzene rings is 4. The van der Waals surface area contributed by atoms with Crippen molar-refractivity contribution in [2.24, 2.45) is 0 Å². The van der Waals surface area contributed by atoms with E-state index in [-0.39, 0.29) is 11.5 Å². The van der Waals surface area contributed by atoms with Gasteiger partial charge in [0.05, 0.1) is 0 Å². The van der Waals surface area contributed by atoms with Crippen LogP contribution in [0, 0.1) is 0 Å². The summed E-state index contributed by atoms with van der Waals surface area (Å²) in [6.07, 6.45) is 0. The molecular formula is C24H19NO2. The molecule has 0 spiro atoms. The lowest BCUT2D eigenvalue weighted by molar-refractivity contribution is 0.475. The van der Waals surface area contributed by atoms with E-state index in [0.717, 1.165) is 33.4 Å². The molecule has 132 valence electrons. The van der Waals surface area contributed by atoms with Crippen LogP contribution in [-0.4, -0.2) is 10.2 Å². The molecular weight excluding hydrogens is 334 g/mol. The number of rotatable bonds is 3. The summed E-state index contributed by atoms with van der Waals surface area (Å²) >= 11 is 0. The van der Waals surface area contributed by atoms with E-state index in [1.807, 2.05) is 54.6 Å². The SMILES string of the molecule is Nc1c(-c2ccccc2)ccc(-c2cccc(O)c2)c1-c1cccc(O)c1. The Morgan fingerprint density at radius 1 is 0.519 bits per heavy atom. The van der Waals surface area contributed by atoms with Gasteiger partial charge in [-0.25, -0.2) is 0 Å². The highest BCUT2D eigenvalue weighted by Gasteiger charge is 2.16. The van der Waals surface area contributed by atoms with Crippen LogP contribution in [0.1, 0.15) is 0 Å². The van der Waals surface area contributed by atoms with Crippen molar-refractivity contribution >= 4 is 5.69 Å². The Balaban J connectivity index is 2.01. The van der Waals surface area contributed by atoms with Crippen LogP contribution < -0.4 is 5.73 Å². The van der Waals surface area contributed by atoms with Gasteiger partial charge in [-0.05, 0) is 46.5 Å². The summed E-state index contributed by atoms with van der Waals surface area (Å²) in [7, 11) is 0. The van der Waals surface area contributed by atoms with Gasteiger partial charge in [0.2, 0.25) is 0 Å². The average Bonchev–Trinajstić information content (AvgIpc) is 2.68. The number of hydrogen-bond donors (Lipinski definition) is 3. The molecule has 3 nitrogen and oxygen atoms in total.